The second kappa shape index (κ2) is 7.50. The fourth-order valence-electron chi connectivity index (χ4n) is 1.52. The predicted octanol–water partition coefficient (Wildman–Crippen LogP) is 2.66. The number of carbonyl (C=O) groups excluding carboxylic acids is 1. The van der Waals surface area contributed by atoms with Gasteiger partial charge in [0.05, 0.1) is 11.4 Å². The number of rotatable bonds is 6. The summed E-state index contributed by atoms with van der Waals surface area (Å²) in [6.45, 7) is 4.01. The molecule has 1 unspecified atom stereocenters. The minimum Gasteiger partial charge on any atom is -0.397 e. The second-order valence-corrected chi connectivity index (χ2v) is 6.79. The van der Waals surface area contributed by atoms with Crippen LogP contribution in [0.1, 0.15) is 20.3 Å². The molecule has 0 saturated carbocycles. The zero-order chi connectivity index (χ0) is 14.4. The first-order valence-corrected chi connectivity index (χ1v) is 7.95. The lowest BCUT2D eigenvalue weighted by Crippen LogP contribution is -2.17. The van der Waals surface area contributed by atoms with E-state index in [1.54, 1.807) is 18.2 Å². The van der Waals surface area contributed by atoms with Gasteiger partial charge >= 0.3 is 0 Å². The van der Waals surface area contributed by atoms with Crippen LogP contribution in [0.4, 0.5) is 11.4 Å². The maximum atomic E-state index is 11.7. The zero-order valence-corrected chi connectivity index (χ0v) is 12.7. The van der Waals surface area contributed by atoms with E-state index in [9.17, 15) is 9.00 Å². The van der Waals surface area contributed by atoms with E-state index in [-0.39, 0.29) is 12.3 Å². The SMILES string of the molecule is CC(C)CS(=O)CCC(=O)Nc1ccc(Cl)cc1N. The summed E-state index contributed by atoms with van der Waals surface area (Å²) >= 11 is 5.77. The van der Waals surface area contributed by atoms with Gasteiger partial charge in [-0.1, -0.05) is 25.4 Å². The van der Waals surface area contributed by atoms with Crippen LogP contribution >= 0.6 is 11.6 Å². The van der Waals surface area contributed by atoms with Crippen LogP contribution in [0.3, 0.4) is 0 Å². The van der Waals surface area contributed by atoms with Gasteiger partial charge < -0.3 is 11.1 Å². The van der Waals surface area contributed by atoms with Gasteiger partial charge in [0.25, 0.3) is 0 Å². The summed E-state index contributed by atoms with van der Waals surface area (Å²) in [4.78, 5) is 11.7. The third-order valence-corrected chi connectivity index (χ3v) is 4.30. The molecule has 106 valence electrons. The van der Waals surface area contributed by atoms with Crippen molar-refractivity contribution in [2.24, 2.45) is 5.92 Å². The summed E-state index contributed by atoms with van der Waals surface area (Å²) in [5.41, 5.74) is 6.68. The molecule has 0 heterocycles. The number of hydrogen-bond donors (Lipinski definition) is 2. The highest BCUT2D eigenvalue weighted by molar-refractivity contribution is 7.85. The Balaban J connectivity index is 2.45. The van der Waals surface area contributed by atoms with E-state index in [1.807, 2.05) is 13.8 Å². The highest BCUT2D eigenvalue weighted by atomic mass is 35.5. The van der Waals surface area contributed by atoms with E-state index in [4.69, 9.17) is 17.3 Å². The number of hydrogen-bond acceptors (Lipinski definition) is 3. The topological polar surface area (TPSA) is 72.2 Å². The molecule has 1 amide bonds. The first-order valence-electron chi connectivity index (χ1n) is 6.08. The molecule has 0 aliphatic rings. The van der Waals surface area contributed by atoms with E-state index in [0.717, 1.165) is 0 Å². The average molecular weight is 303 g/mol. The van der Waals surface area contributed by atoms with Crippen LogP contribution in [-0.4, -0.2) is 21.6 Å². The quantitative estimate of drug-likeness (QED) is 0.794. The number of nitrogens with one attached hydrogen (secondary N) is 1. The first kappa shape index (κ1) is 16.0. The lowest BCUT2D eigenvalue weighted by Gasteiger charge is -2.09. The lowest BCUT2D eigenvalue weighted by molar-refractivity contribution is -0.115. The normalized spacial score (nSPS) is 12.4. The fourth-order valence-corrected chi connectivity index (χ4v) is 3.03. The molecule has 1 rings (SSSR count). The third kappa shape index (κ3) is 6.07. The average Bonchev–Trinajstić information content (AvgIpc) is 2.29. The van der Waals surface area contributed by atoms with E-state index in [2.05, 4.69) is 5.32 Å². The van der Waals surface area contributed by atoms with Gasteiger partial charge in [-0.2, -0.15) is 0 Å². The molecule has 0 saturated heterocycles. The third-order valence-electron chi connectivity index (χ3n) is 2.36. The summed E-state index contributed by atoms with van der Waals surface area (Å²) in [6.07, 6.45) is 0.224. The van der Waals surface area contributed by atoms with Gasteiger partial charge in [0.15, 0.2) is 0 Å². The Morgan fingerprint density at radius 3 is 2.74 bits per heavy atom. The Bertz CT molecular complexity index is 478. The van der Waals surface area contributed by atoms with Gasteiger partial charge in [0.2, 0.25) is 5.91 Å². The lowest BCUT2D eigenvalue weighted by atomic mass is 10.2. The van der Waals surface area contributed by atoms with Crippen molar-refractivity contribution in [3.05, 3.63) is 23.2 Å². The minimum absolute atomic E-state index is 0.189. The Morgan fingerprint density at radius 2 is 2.16 bits per heavy atom. The molecule has 0 aliphatic carbocycles. The van der Waals surface area contributed by atoms with Gasteiger partial charge in [-0.3, -0.25) is 9.00 Å². The fraction of sp³-hybridized carbons (Fsp3) is 0.462. The van der Waals surface area contributed by atoms with Crippen molar-refractivity contribution in [3.8, 4) is 0 Å². The Labute approximate surface area is 121 Å². The number of nitrogens with two attached hydrogens (primary N) is 1. The molecule has 6 heteroatoms. The number of carbonyl (C=O) groups is 1. The first-order chi connectivity index (χ1) is 8.88. The molecule has 3 N–H and O–H groups in total. The molecule has 4 nitrogen and oxygen atoms in total. The maximum Gasteiger partial charge on any atom is 0.225 e. The van der Waals surface area contributed by atoms with Crippen molar-refractivity contribution in [3.63, 3.8) is 0 Å². The molecular weight excluding hydrogens is 284 g/mol. The Hall–Kier alpha value is -1.07. The van der Waals surface area contributed by atoms with E-state index >= 15 is 0 Å². The van der Waals surface area contributed by atoms with Crippen molar-refractivity contribution in [1.82, 2.24) is 0 Å². The number of anilines is 2. The zero-order valence-electron chi connectivity index (χ0n) is 11.1. The maximum absolute atomic E-state index is 11.7. The summed E-state index contributed by atoms with van der Waals surface area (Å²) in [7, 11) is -0.951. The van der Waals surface area contributed by atoms with Crippen molar-refractivity contribution in [2.75, 3.05) is 22.6 Å². The molecule has 0 aliphatic heterocycles. The van der Waals surface area contributed by atoms with Gasteiger partial charge in [0.1, 0.15) is 0 Å². The van der Waals surface area contributed by atoms with E-state index in [1.165, 1.54) is 0 Å². The van der Waals surface area contributed by atoms with Crippen molar-refractivity contribution < 1.29 is 9.00 Å². The van der Waals surface area contributed by atoms with Crippen molar-refractivity contribution in [1.29, 1.82) is 0 Å². The van der Waals surface area contributed by atoms with Crippen LogP contribution in [0.15, 0.2) is 18.2 Å². The Kier molecular flexibility index (Phi) is 6.31. The summed E-state index contributed by atoms with van der Waals surface area (Å²) in [5.74, 6) is 1.18. The summed E-state index contributed by atoms with van der Waals surface area (Å²) in [5, 5.41) is 3.21. The smallest absolute Gasteiger partial charge is 0.225 e. The molecule has 0 bridgehead atoms. The molecule has 1 atom stereocenters. The van der Waals surface area contributed by atoms with E-state index < -0.39 is 10.8 Å². The van der Waals surface area contributed by atoms with Gasteiger partial charge in [-0.05, 0) is 24.1 Å². The summed E-state index contributed by atoms with van der Waals surface area (Å²) in [6, 6.07) is 4.89. The number of nitrogen functional groups attached to an aromatic ring is 1. The number of halogens is 1. The molecule has 0 spiro atoms. The molecule has 0 radical (unpaired) electrons. The van der Waals surface area contributed by atoms with Crippen LogP contribution < -0.4 is 11.1 Å². The van der Waals surface area contributed by atoms with E-state index in [0.29, 0.717) is 33.8 Å². The standard InChI is InChI=1S/C13H19ClN2O2S/c1-9(2)8-19(18)6-5-13(17)16-12-4-3-10(14)7-11(12)15/h3-4,7,9H,5-6,8,15H2,1-2H3,(H,16,17). The van der Waals surface area contributed by atoms with Crippen molar-refractivity contribution in [2.45, 2.75) is 20.3 Å². The van der Waals surface area contributed by atoms with Gasteiger partial charge in [0, 0.05) is 33.7 Å². The number of amides is 1. The van der Waals surface area contributed by atoms with Crippen LogP contribution in [0, 0.1) is 5.92 Å². The van der Waals surface area contributed by atoms with Crippen LogP contribution in [0.5, 0.6) is 0 Å². The largest absolute Gasteiger partial charge is 0.397 e. The van der Waals surface area contributed by atoms with Gasteiger partial charge in [-0.15, -0.1) is 0 Å². The highest BCUT2D eigenvalue weighted by Crippen LogP contribution is 2.22. The van der Waals surface area contributed by atoms with Crippen molar-refractivity contribution >= 4 is 39.7 Å². The monoisotopic (exact) mass is 302 g/mol. The molecule has 0 aromatic heterocycles. The summed E-state index contributed by atoms with van der Waals surface area (Å²) < 4.78 is 11.6. The Morgan fingerprint density at radius 1 is 1.47 bits per heavy atom. The van der Waals surface area contributed by atoms with Crippen LogP contribution in [0.25, 0.3) is 0 Å². The molecule has 1 aromatic rings. The van der Waals surface area contributed by atoms with Gasteiger partial charge in [-0.25, -0.2) is 0 Å². The molecule has 19 heavy (non-hydrogen) atoms. The number of benzene rings is 1. The molecule has 1 aromatic carbocycles. The van der Waals surface area contributed by atoms with Crippen LogP contribution in [0.2, 0.25) is 5.02 Å². The minimum atomic E-state index is -0.951. The molecular formula is C13H19ClN2O2S. The van der Waals surface area contributed by atoms with Crippen LogP contribution in [-0.2, 0) is 15.6 Å². The second-order valence-electron chi connectivity index (χ2n) is 4.73. The predicted molar refractivity (Wildman–Crippen MR) is 81.8 cm³/mol. The highest BCUT2D eigenvalue weighted by Gasteiger charge is 2.09. The molecule has 0 fully saturated rings.